The van der Waals surface area contributed by atoms with E-state index in [4.69, 9.17) is 0 Å². The Labute approximate surface area is 97.4 Å². The molecule has 1 aromatic carbocycles. The van der Waals surface area contributed by atoms with Crippen LogP contribution < -0.4 is 0 Å². The number of halogens is 1. The second-order valence-corrected chi connectivity index (χ2v) is 5.61. The van der Waals surface area contributed by atoms with Crippen molar-refractivity contribution in [3.8, 4) is 0 Å². The van der Waals surface area contributed by atoms with Crippen LogP contribution in [0.4, 0.5) is 0 Å². The molecule has 1 aromatic rings. The molecule has 0 aliphatic heterocycles. The number of hydrogen-bond acceptors (Lipinski definition) is 1. The summed E-state index contributed by atoms with van der Waals surface area (Å²) in [6.45, 7) is 4.00. The maximum absolute atomic E-state index is 11.4. The highest BCUT2D eigenvalue weighted by atomic mass is 79.9. The van der Waals surface area contributed by atoms with Crippen molar-refractivity contribution in [1.82, 2.24) is 0 Å². The summed E-state index contributed by atoms with van der Waals surface area (Å²) in [5.41, 5.74) is 0.0398. The van der Waals surface area contributed by atoms with Crippen LogP contribution in [0.1, 0.15) is 25.8 Å². The number of hydrogen-bond donors (Lipinski definition) is 1. The maximum atomic E-state index is 11.4. The molecule has 0 radical (unpaired) electrons. The lowest BCUT2D eigenvalue weighted by molar-refractivity contribution is -0.141. The van der Waals surface area contributed by atoms with Crippen molar-refractivity contribution in [1.29, 1.82) is 0 Å². The average molecular weight is 269 g/mol. The van der Waals surface area contributed by atoms with Crippen molar-refractivity contribution < 1.29 is 9.90 Å². The fourth-order valence-corrected chi connectivity index (χ4v) is 2.99. The van der Waals surface area contributed by atoms with E-state index < -0.39 is 11.4 Å². The van der Waals surface area contributed by atoms with Crippen LogP contribution in [0.5, 0.6) is 0 Å². The Bertz CT molecular complexity index is 425. The van der Waals surface area contributed by atoms with Gasteiger partial charge in [0.15, 0.2) is 0 Å². The highest BCUT2D eigenvalue weighted by Crippen LogP contribution is 2.65. The van der Waals surface area contributed by atoms with Gasteiger partial charge in [-0.3, -0.25) is 4.79 Å². The van der Waals surface area contributed by atoms with Gasteiger partial charge in [-0.25, -0.2) is 0 Å². The molecule has 0 amide bonds. The van der Waals surface area contributed by atoms with Gasteiger partial charge < -0.3 is 5.11 Å². The van der Waals surface area contributed by atoms with Gasteiger partial charge in [0.1, 0.15) is 0 Å². The lowest BCUT2D eigenvalue weighted by atomic mass is 9.88. The van der Waals surface area contributed by atoms with Gasteiger partial charge in [0.2, 0.25) is 0 Å². The smallest absolute Gasteiger partial charge is 0.314 e. The average Bonchev–Trinajstić information content (AvgIpc) is 2.71. The van der Waals surface area contributed by atoms with E-state index in [0.29, 0.717) is 6.42 Å². The van der Waals surface area contributed by atoms with E-state index in [-0.39, 0.29) is 5.41 Å². The highest BCUT2D eigenvalue weighted by molar-refractivity contribution is 9.10. The zero-order chi connectivity index (χ0) is 11.3. The molecule has 3 heteroatoms. The molecule has 0 bridgehead atoms. The second-order valence-electron chi connectivity index (χ2n) is 4.75. The summed E-state index contributed by atoms with van der Waals surface area (Å²) in [7, 11) is 0. The molecule has 1 aliphatic rings. The third-order valence-electron chi connectivity index (χ3n) is 3.44. The first kappa shape index (κ1) is 10.7. The van der Waals surface area contributed by atoms with Gasteiger partial charge in [0.25, 0.3) is 0 Å². The highest BCUT2D eigenvalue weighted by Gasteiger charge is 2.68. The molecule has 1 fully saturated rings. The normalized spacial score (nSPS) is 27.4. The fraction of sp³-hybridized carbons (Fsp3) is 0.417. The zero-order valence-corrected chi connectivity index (χ0v) is 10.3. The summed E-state index contributed by atoms with van der Waals surface area (Å²) in [4.78, 5) is 11.4. The van der Waals surface area contributed by atoms with Crippen LogP contribution in [0.2, 0.25) is 0 Å². The molecule has 2 rings (SSSR count). The predicted molar refractivity (Wildman–Crippen MR) is 61.9 cm³/mol. The molecule has 0 aromatic heterocycles. The minimum atomic E-state index is -0.723. The first-order valence-electron chi connectivity index (χ1n) is 4.90. The van der Waals surface area contributed by atoms with Crippen molar-refractivity contribution in [2.24, 2.45) is 5.41 Å². The van der Waals surface area contributed by atoms with Crippen LogP contribution >= 0.6 is 15.9 Å². The van der Waals surface area contributed by atoms with Crippen LogP contribution in [0.25, 0.3) is 0 Å². The SMILES string of the molecule is CC1(C)CC1(C(=O)O)c1ccccc1Br. The molecule has 1 unspecified atom stereocenters. The van der Waals surface area contributed by atoms with E-state index in [2.05, 4.69) is 15.9 Å². The Morgan fingerprint density at radius 2 is 1.93 bits per heavy atom. The number of carboxylic acid groups (broad SMARTS) is 1. The van der Waals surface area contributed by atoms with Gasteiger partial charge in [-0.2, -0.15) is 0 Å². The minimum Gasteiger partial charge on any atom is -0.481 e. The molecule has 1 saturated carbocycles. The third kappa shape index (κ3) is 1.33. The Morgan fingerprint density at radius 3 is 2.33 bits per heavy atom. The van der Waals surface area contributed by atoms with Crippen molar-refractivity contribution in [2.45, 2.75) is 25.7 Å². The topological polar surface area (TPSA) is 37.3 Å². The maximum Gasteiger partial charge on any atom is 0.314 e. The Balaban J connectivity index is 2.55. The van der Waals surface area contributed by atoms with Crippen molar-refractivity contribution >= 4 is 21.9 Å². The summed E-state index contributed by atoms with van der Waals surface area (Å²) >= 11 is 3.43. The van der Waals surface area contributed by atoms with E-state index in [1.807, 2.05) is 38.1 Å². The van der Waals surface area contributed by atoms with E-state index in [0.717, 1.165) is 10.0 Å². The number of aliphatic carboxylic acids is 1. The summed E-state index contributed by atoms with van der Waals surface area (Å²) in [5, 5.41) is 9.40. The van der Waals surface area contributed by atoms with Crippen LogP contribution in [-0.2, 0) is 10.2 Å². The van der Waals surface area contributed by atoms with Gasteiger partial charge in [0.05, 0.1) is 5.41 Å². The van der Waals surface area contributed by atoms with Crippen LogP contribution in [0.3, 0.4) is 0 Å². The quantitative estimate of drug-likeness (QED) is 0.895. The van der Waals surface area contributed by atoms with E-state index in [9.17, 15) is 9.90 Å². The lowest BCUT2D eigenvalue weighted by Gasteiger charge is -2.17. The number of carboxylic acids is 1. The van der Waals surface area contributed by atoms with Crippen LogP contribution in [-0.4, -0.2) is 11.1 Å². The van der Waals surface area contributed by atoms with E-state index in [1.54, 1.807) is 0 Å². The van der Waals surface area contributed by atoms with Crippen LogP contribution in [0.15, 0.2) is 28.7 Å². The first-order chi connectivity index (χ1) is 6.92. The lowest BCUT2D eigenvalue weighted by Crippen LogP contribution is -2.25. The third-order valence-corrected chi connectivity index (χ3v) is 4.13. The van der Waals surface area contributed by atoms with Crippen molar-refractivity contribution in [3.63, 3.8) is 0 Å². The largest absolute Gasteiger partial charge is 0.481 e. The van der Waals surface area contributed by atoms with Gasteiger partial charge in [0, 0.05) is 4.47 Å². The molecule has 1 N–H and O–H groups in total. The van der Waals surface area contributed by atoms with Crippen molar-refractivity contribution in [3.05, 3.63) is 34.3 Å². The summed E-state index contributed by atoms with van der Waals surface area (Å²) in [5.74, 6) is -0.723. The molecule has 1 atom stereocenters. The number of rotatable bonds is 2. The number of benzene rings is 1. The molecule has 0 spiro atoms. The minimum absolute atomic E-state index is 0.150. The first-order valence-corrected chi connectivity index (χ1v) is 5.69. The summed E-state index contributed by atoms with van der Waals surface area (Å²) in [6, 6.07) is 7.58. The zero-order valence-electron chi connectivity index (χ0n) is 8.75. The molecule has 1 aliphatic carbocycles. The second kappa shape index (κ2) is 3.08. The Kier molecular flexibility index (Phi) is 2.19. The van der Waals surface area contributed by atoms with Gasteiger partial charge in [-0.15, -0.1) is 0 Å². The van der Waals surface area contributed by atoms with Crippen LogP contribution in [0, 0.1) is 5.41 Å². The predicted octanol–water partition coefficient (Wildman–Crippen LogP) is 3.20. The molecule has 15 heavy (non-hydrogen) atoms. The molecule has 2 nitrogen and oxygen atoms in total. The van der Waals surface area contributed by atoms with Gasteiger partial charge in [-0.05, 0) is 23.5 Å². The monoisotopic (exact) mass is 268 g/mol. The van der Waals surface area contributed by atoms with Crippen molar-refractivity contribution in [2.75, 3.05) is 0 Å². The van der Waals surface area contributed by atoms with E-state index >= 15 is 0 Å². The van der Waals surface area contributed by atoms with Gasteiger partial charge >= 0.3 is 5.97 Å². The summed E-state index contributed by atoms with van der Waals surface area (Å²) < 4.78 is 0.887. The molecule has 80 valence electrons. The molecular formula is C12H13BrO2. The Morgan fingerprint density at radius 1 is 1.40 bits per heavy atom. The standard InChI is InChI=1S/C12H13BrO2/c1-11(2)7-12(11,10(14)15)8-5-3-4-6-9(8)13/h3-6H,7H2,1-2H3,(H,14,15). The number of carbonyl (C=O) groups is 1. The molecular weight excluding hydrogens is 256 g/mol. The fourth-order valence-electron chi connectivity index (χ4n) is 2.37. The Hall–Kier alpha value is -0.830. The molecule has 0 heterocycles. The van der Waals surface area contributed by atoms with E-state index in [1.165, 1.54) is 0 Å². The van der Waals surface area contributed by atoms with Gasteiger partial charge in [-0.1, -0.05) is 48.0 Å². The molecule has 0 saturated heterocycles. The summed E-state index contributed by atoms with van der Waals surface area (Å²) in [6.07, 6.45) is 0.706.